The lowest BCUT2D eigenvalue weighted by molar-refractivity contribution is -0.151. The van der Waals surface area contributed by atoms with Crippen molar-refractivity contribution in [3.63, 3.8) is 0 Å². The summed E-state index contributed by atoms with van der Waals surface area (Å²) in [7, 11) is 3.09. The van der Waals surface area contributed by atoms with E-state index in [9.17, 15) is 14.4 Å². The Bertz CT molecular complexity index is 1090. The minimum atomic E-state index is -0.407. The van der Waals surface area contributed by atoms with E-state index in [1.54, 1.807) is 36.2 Å². The van der Waals surface area contributed by atoms with Gasteiger partial charge in [-0.1, -0.05) is 12.1 Å². The molecule has 2 aliphatic heterocycles. The van der Waals surface area contributed by atoms with Crippen molar-refractivity contribution in [3.05, 3.63) is 53.6 Å². The van der Waals surface area contributed by atoms with E-state index < -0.39 is 6.03 Å². The van der Waals surface area contributed by atoms with Crippen LogP contribution in [-0.4, -0.2) is 61.8 Å². The molecule has 4 rings (SSSR count). The molecule has 0 radical (unpaired) electrons. The second-order valence-corrected chi connectivity index (χ2v) is 8.61. The van der Waals surface area contributed by atoms with Gasteiger partial charge in [0.05, 0.1) is 31.2 Å². The van der Waals surface area contributed by atoms with Gasteiger partial charge in [0.25, 0.3) is 5.91 Å². The molecule has 0 aromatic heterocycles. The predicted molar refractivity (Wildman–Crippen MR) is 126 cm³/mol. The fraction of sp³-hybridized carbons (Fsp3) is 0.400. The van der Waals surface area contributed by atoms with Crippen LogP contribution in [0, 0.1) is 6.92 Å². The Morgan fingerprint density at radius 1 is 1.12 bits per heavy atom. The number of ether oxygens (including phenoxy) is 3. The van der Waals surface area contributed by atoms with Crippen LogP contribution in [0.4, 0.5) is 16.2 Å². The number of nitrogens with zero attached hydrogens (tertiary/aromatic N) is 1. The number of hydrogen-bond donors (Lipinski definition) is 2. The van der Waals surface area contributed by atoms with E-state index >= 15 is 0 Å². The standard InChI is InChI=1S/C25H29N3O6/c1-15-5-4-6-16(11-15)26-25(31)27-17-7-10-21-19(12-17)24(30)28(2)20-9-8-18(13-23(29)32-3)34-22(20)14-33-21/h4-7,10-12,18,20,22H,8-9,13-14H2,1-3H3,(H2,26,27,31)/t18-,20-,22+/m0/s1. The highest BCUT2D eigenvalue weighted by molar-refractivity contribution is 6.02. The molecule has 0 spiro atoms. The molecule has 2 aromatic rings. The first-order valence-electron chi connectivity index (χ1n) is 11.2. The third-order valence-electron chi connectivity index (χ3n) is 6.17. The molecule has 3 atom stereocenters. The summed E-state index contributed by atoms with van der Waals surface area (Å²) in [5.74, 6) is -0.127. The number of carbonyl (C=O) groups excluding carboxylic acids is 3. The molecule has 0 saturated carbocycles. The van der Waals surface area contributed by atoms with Gasteiger partial charge < -0.3 is 29.7 Å². The molecular formula is C25H29N3O6. The Morgan fingerprint density at radius 2 is 1.88 bits per heavy atom. The highest BCUT2D eigenvalue weighted by atomic mass is 16.5. The summed E-state index contributed by atoms with van der Waals surface area (Å²) in [4.78, 5) is 39.1. The summed E-state index contributed by atoms with van der Waals surface area (Å²) in [6, 6.07) is 11.9. The summed E-state index contributed by atoms with van der Waals surface area (Å²) >= 11 is 0. The summed E-state index contributed by atoms with van der Waals surface area (Å²) in [5, 5.41) is 5.56. The van der Waals surface area contributed by atoms with Gasteiger partial charge in [-0.3, -0.25) is 9.59 Å². The van der Waals surface area contributed by atoms with E-state index in [1.165, 1.54) is 7.11 Å². The molecule has 9 heteroatoms. The molecule has 9 nitrogen and oxygen atoms in total. The fourth-order valence-corrected chi connectivity index (χ4v) is 4.39. The number of methoxy groups -OCH3 is 1. The van der Waals surface area contributed by atoms with Gasteiger partial charge >= 0.3 is 12.0 Å². The van der Waals surface area contributed by atoms with Crippen LogP contribution in [0.5, 0.6) is 5.75 Å². The smallest absolute Gasteiger partial charge is 0.323 e. The van der Waals surface area contributed by atoms with E-state index in [0.717, 1.165) is 5.56 Å². The molecule has 2 aliphatic rings. The van der Waals surface area contributed by atoms with Crippen LogP contribution in [0.15, 0.2) is 42.5 Å². The van der Waals surface area contributed by atoms with Crippen LogP contribution in [0.3, 0.4) is 0 Å². The van der Waals surface area contributed by atoms with Crippen molar-refractivity contribution in [2.75, 3.05) is 31.4 Å². The molecule has 2 N–H and O–H groups in total. The number of benzene rings is 2. The van der Waals surface area contributed by atoms with E-state index in [-0.39, 0.29) is 43.2 Å². The zero-order chi connectivity index (χ0) is 24.2. The molecule has 3 amide bonds. The van der Waals surface area contributed by atoms with Crippen LogP contribution in [-0.2, 0) is 14.3 Å². The number of amides is 3. The Hall–Kier alpha value is -3.59. The number of anilines is 2. The van der Waals surface area contributed by atoms with Crippen LogP contribution < -0.4 is 15.4 Å². The molecule has 0 bridgehead atoms. The van der Waals surface area contributed by atoms with Gasteiger partial charge in [0.1, 0.15) is 18.5 Å². The number of fused-ring (bicyclic) bond motifs is 2. The predicted octanol–water partition coefficient (Wildman–Crippen LogP) is 3.58. The van der Waals surface area contributed by atoms with Crippen molar-refractivity contribution in [2.45, 2.75) is 44.4 Å². The minimum Gasteiger partial charge on any atom is -0.490 e. The van der Waals surface area contributed by atoms with Crippen LogP contribution in [0.25, 0.3) is 0 Å². The average Bonchev–Trinajstić information content (AvgIpc) is 2.81. The lowest BCUT2D eigenvalue weighted by Crippen LogP contribution is -2.53. The molecule has 0 unspecified atom stereocenters. The lowest BCUT2D eigenvalue weighted by atomic mass is 9.94. The summed E-state index contributed by atoms with van der Waals surface area (Å²) in [6.45, 7) is 2.19. The number of likely N-dealkylation sites (N-methyl/N-ethyl adjacent to an activating group) is 1. The molecule has 2 aromatic carbocycles. The van der Waals surface area contributed by atoms with Crippen molar-refractivity contribution in [1.29, 1.82) is 0 Å². The Balaban J connectivity index is 1.47. The molecule has 2 heterocycles. The maximum absolute atomic E-state index is 13.3. The van der Waals surface area contributed by atoms with E-state index in [1.807, 2.05) is 25.1 Å². The van der Waals surface area contributed by atoms with E-state index in [2.05, 4.69) is 10.6 Å². The first-order chi connectivity index (χ1) is 16.3. The molecule has 34 heavy (non-hydrogen) atoms. The second kappa shape index (κ2) is 10.1. The molecule has 1 saturated heterocycles. The van der Waals surface area contributed by atoms with Crippen LogP contribution in [0.2, 0.25) is 0 Å². The van der Waals surface area contributed by atoms with Crippen molar-refractivity contribution in [2.24, 2.45) is 0 Å². The van der Waals surface area contributed by atoms with Crippen LogP contribution in [0.1, 0.15) is 35.2 Å². The number of nitrogens with one attached hydrogen (secondary N) is 2. The number of aryl methyl sites for hydroxylation is 1. The number of carbonyl (C=O) groups is 3. The minimum absolute atomic E-state index is 0.174. The van der Waals surface area contributed by atoms with Crippen molar-refractivity contribution < 1.29 is 28.6 Å². The third kappa shape index (κ3) is 5.31. The molecule has 180 valence electrons. The first-order valence-corrected chi connectivity index (χ1v) is 11.2. The normalized spacial score (nSPS) is 21.8. The second-order valence-electron chi connectivity index (χ2n) is 8.61. The summed E-state index contributed by atoms with van der Waals surface area (Å²) in [5.41, 5.74) is 2.55. The van der Waals surface area contributed by atoms with Gasteiger partial charge in [0.15, 0.2) is 0 Å². The zero-order valence-electron chi connectivity index (χ0n) is 19.5. The number of rotatable bonds is 4. The molecular weight excluding hydrogens is 438 g/mol. The largest absolute Gasteiger partial charge is 0.490 e. The molecule has 1 fully saturated rings. The maximum atomic E-state index is 13.3. The van der Waals surface area contributed by atoms with Gasteiger partial charge in [-0.2, -0.15) is 0 Å². The fourth-order valence-electron chi connectivity index (χ4n) is 4.39. The Kier molecular flexibility index (Phi) is 7.02. The van der Waals surface area contributed by atoms with Crippen molar-refractivity contribution >= 4 is 29.3 Å². The van der Waals surface area contributed by atoms with Gasteiger partial charge in [-0.25, -0.2) is 4.79 Å². The van der Waals surface area contributed by atoms with Gasteiger partial charge in [0, 0.05) is 18.4 Å². The van der Waals surface area contributed by atoms with E-state index in [0.29, 0.717) is 35.5 Å². The monoisotopic (exact) mass is 467 g/mol. The molecule has 0 aliphatic carbocycles. The highest BCUT2D eigenvalue weighted by Gasteiger charge is 2.39. The summed E-state index contributed by atoms with van der Waals surface area (Å²) < 4.78 is 16.8. The van der Waals surface area contributed by atoms with Gasteiger partial charge in [-0.15, -0.1) is 0 Å². The summed E-state index contributed by atoms with van der Waals surface area (Å²) in [6.07, 6.45) is 0.876. The van der Waals surface area contributed by atoms with Crippen molar-refractivity contribution in [3.8, 4) is 5.75 Å². The first kappa shape index (κ1) is 23.6. The Morgan fingerprint density at radius 3 is 2.62 bits per heavy atom. The Labute approximate surface area is 198 Å². The third-order valence-corrected chi connectivity index (χ3v) is 6.17. The van der Waals surface area contributed by atoms with Gasteiger partial charge in [0.2, 0.25) is 0 Å². The zero-order valence-corrected chi connectivity index (χ0v) is 19.5. The topological polar surface area (TPSA) is 106 Å². The number of hydrogen-bond acceptors (Lipinski definition) is 6. The van der Waals surface area contributed by atoms with Crippen molar-refractivity contribution in [1.82, 2.24) is 4.90 Å². The van der Waals surface area contributed by atoms with Crippen LogP contribution >= 0.6 is 0 Å². The lowest BCUT2D eigenvalue weighted by Gasteiger charge is -2.42. The quantitative estimate of drug-likeness (QED) is 0.666. The number of urea groups is 1. The number of esters is 1. The maximum Gasteiger partial charge on any atom is 0.323 e. The average molecular weight is 468 g/mol. The van der Waals surface area contributed by atoms with E-state index in [4.69, 9.17) is 14.2 Å². The van der Waals surface area contributed by atoms with Gasteiger partial charge in [-0.05, 0) is 55.7 Å². The SMILES string of the molecule is COC(=O)C[C@@H]1CC[C@H]2[C@@H](COc3ccc(NC(=O)Nc4cccc(C)c4)cc3C(=O)N2C)O1. The highest BCUT2D eigenvalue weighted by Crippen LogP contribution is 2.32.